The average Bonchev–Trinajstić information content (AvgIpc) is 3.16. The SMILES string of the molecule is CN(CCOc1ccccc1)C(=O)CCc1nc(-c2ccncc2)no1. The van der Waals surface area contributed by atoms with Crippen molar-refractivity contribution in [3.05, 3.63) is 60.7 Å². The number of likely N-dealkylation sites (N-methyl/N-ethyl adjacent to an activating group) is 1. The van der Waals surface area contributed by atoms with Crippen LogP contribution in [0.15, 0.2) is 59.4 Å². The van der Waals surface area contributed by atoms with E-state index in [1.54, 1.807) is 36.5 Å². The lowest BCUT2D eigenvalue weighted by molar-refractivity contribution is -0.130. The van der Waals surface area contributed by atoms with Gasteiger partial charge in [-0.3, -0.25) is 9.78 Å². The third-order valence-corrected chi connectivity index (χ3v) is 3.82. The molecule has 7 heteroatoms. The third kappa shape index (κ3) is 4.89. The summed E-state index contributed by atoms with van der Waals surface area (Å²) < 4.78 is 10.8. The molecule has 0 aliphatic rings. The van der Waals surface area contributed by atoms with E-state index < -0.39 is 0 Å². The Labute approximate surface area is 151 Å². The molecule has 0 fully saturated rings. The van der Waals surface area contributed by atoms with E-state index >= 15 is 0 Å². The van der Waals surface area contributed by atoms with Crippen molar-refractivity contribution in [1.29, 1.82) is 0 Å². The van der Waals surface area contributed by atoms with Crippen molar-refractivity contribution in [3.63, 3.8) is 0 Å². The Hall–Kier alpha value is -3.22. The number of amides is 1. The van der Waals surface area contributed by atoms with E-state index in [-0.39, 0.29) is 5.91 Å². The second kappa shape index (κ2) is 8.75. The van der Waals surface area contributed by atoms with E-state index in [0.29, 0.717) is 37.7 Å². The molecule has 7 nitrogen and oxygen atoms in total. The monoisotopic (exact) mass is 352 g/mol. The first-order chi connectivity index (χ1) is 12.7. The molecule has 0 bridgehead atoms. The molecule has 26 heavy (non-hydrogen) atoms. The first-order valence-corrected chi connectivity index (χ1v) is 8.37. The highest BCUT2D eigenvalue weighted by atomic mass is 16.5. The Morgan fingerprint density at radius 3 is 2.69 bits per heavy atom. The molecule has 3 rings (SSSR count). The van der Waals surface area contributed by atoms with Gasteiger partial charge < -0.3 is 14.2 Å². The maximum atomic E-state index is 12.2. The van der Waals surface area contributed by atoms with Crippen molar-refractivity contribution < 1.29 is 14.1 Å². The van der Waals surface area contributed by atoms with Crippen molar-refractivity contribution >= 4 is 5.91 Å². The molecule has 0 N–H and O–H groups in total. The molecule has 0 unspecified atom stereocenters. The number of ether oxygens (including phenoxy) is 1. The first kappa shape index (κ1) is 17.6. The standard InChI is InChI=1S/C19H20N4O3/c1-23(13-14-25-16-5-3-2-4-6-16)18(24)8-7-17-21-19(22-26-17)15-9-11-20-12-10-15/h2-6,9-12H,7-8,13-14H2,1H3. The minimum absolute atomic E-state index is 0.00493. The number of hydrogen-bond donors (Lipinski definition) is 0. The van der Waals surface area contributed by atoms with Gasteiger partial charge in [0, 0.05) is 37.8 Å². The molecule has 0 aliphatic heterocycles. The minimum Gasteiger partial charge on any atom is -0.492 e. The van der Waals surface area contributed by atoms with Gasteiger partial charge in [0.2, 0.25) is 17.6 Å². The Morgan fingerprint density at radius 1 is 1.15 bits per heavy atom. The number of carbonyl (C=O) groups is 1. The summed E-state index contributed by atoms with van der Waals surface area (Å²) in [6.07, 6.45) is 4.04. The minimum atomic E-state index is 0.00493. The highest BCUT2D eigenvalue weighted by Crippen LogP contribution is 2.15. The van der Waals surface area contributed by atoms with E-state index in [2.05, 4.69) is 15.1 Å². The van der Waals surface area contributed by atoms with Crippen LogP contribution in [-0.2, 0) is 11.2 Å². The quantitative estimate of drug-likeness (QED) is 0.620. The van der Waals surface area contributed by atoms with E-state index in [4.69, 9.17) is 9.26 Å². The van der Waals surface area contributed by atoms with Crippen LogP contribution in [0, 0.1) is 0 Å². The molecule has 2 aromatic heterocycles. The average molecular weight is 352 g/mol. The van der Waals surface area contributed by atoms with Gasteiger partial charge in [-0.05, 0) is 24.3 Å². The summed E-state index contributed by atoms with van der Waals surface area (Å²) in [7, 11) is 1.76. The molecular weight excluding hydrogens is 332 g/mol. The normalized spacial score (nSPS) is 10.5. The smallest absolute Gasteiger partial charge is 0.227 e. The van der Waals surface area contributed by atoms with E-state index in [9.17, 15) is 4.79 Å². The van der Waals surface area contributed by atoms with Crippen LogP contribution in [0.4, 0.5) is 0 Å². The Kier molecular flexibility index (Phi) is 5.92. The van der Waals surface area contributed by atoms with Crippen LogP contribution in [0.5, 0.6) is 5.75 Å². The van der Waals surface area contributed by atoms with Gasteiger partial charge >= 0.3 is 0 Å². The molecule has 0 atom stereocenters. The van der Waals surface area contributed by atoms with E-state index in [1.165, 1.54) is 0 Å². The van der Waals surface area contributed by atoms with Gasteiger partial charge in [-0.2, -0.15) is 4.98 Å². The number of para-hydroxylation sites is 1. The zero-order valence-electron chi connectivity index (χ0n) is 14.5. The van der Waals surface area contributed by atoms with Crippen molar-refractivity contribution in [3.8, 4) is 17.1 Å². The molecule has 134 valence electrons. The van der Waals surface area contributed by atoms with Gasteiger partial charge in [-0.25, -0.2) is 0 Å². The zero-order valence-corrected chi connectivity index (χ0v) is 14.5. The van der Waals surface area contributed by atoms with Gasteiger partial charge in [-0.1, -0.05) is 23.4 Å². The number of pyridine rings is 1. The number of carbonyl (C=O) groups excluding carboxylic acids is 1. The maximum Gasteiger partial charge on any atom is 0.227 e. The summed E-state index contributed by atoms with van der Waals surface area (Å²) >= 11 is 0. The molecule has 0 saturated carbocycles. The second-order valence-electron chi connectivity index (χ2n) is 5.72. The summed E-state index contributed by atoms with van der Waals surface area (Å²) in [5, 5.41) is 3.93. The van der Waals surface area contributed by atoms with E-state index in [1.807, 2.05) is 30.3 Å². The summed E-state index contributed by atoms with van der Waals surface area (Å²) in [6, 6.07) is 13.1. The molecule has 0 aliphatic carbocycles. The number of rotatable bonds is 8. The summed E-state index contributed by atoms with van der Waals surface area (Å²) in [5.41, 5.74) is 0.830. The molecule has 0 radical (unpaired) electrons. The van der Waals surface area contributed by atoms with Gasteiger partial charge in [0.25, 0.3) is 0 Å². The fraction of sp³-hybridized carbons (Fsp3) is 0.263. The predicted molar refractivity (Wildman–Crippen MR) is 95.4 cm³/mol. The molecule has 3 aromatic rings. The lowest BCUT2D eigenvalue weighted by Crippen LogP contribution is -2.31. The number of aryl methyl sites for hydroxylation is 1. The van der Waals surface area contributed by atoms with Crippen LogP contribution in [0.25, 0.3) is 11.4 Å². The predicted octanol–water partition coefficient (Wildman–Crippen LogP) is 2.60. The topological polar surface area (TPSA) is 81.4 Å². The summed E-state index contributed by atoms with van der Waals surface area (Å²) in [6.45, 7) is 0.957. The first-order valence-electron chi connectivity index (χ1n) is 8.37. The highest BCUT2D eigenvalue weighted by molar-refractivity contribution is 5.76. The van der Waals surface area contributed by atoms with Crippen LogP contribution in [0.2, 0.25) is 0 Å². The van der Waals surface area contributed by atoms with E-state index in [0.717, 1.165) is 11.3 Å². The van der Waals surface area contributed by atoms with Crippen molar-refractivity contribution in [2.75, 3.05) is 20.2 Å². The fourth-order valence-corrected chi connectivity index (χ4v) is 2.32. The summed E-state index contributed by atoms with van der Waals surface area (Å²) in [4.78, 5) is 22.1. The van der Waals surface area contributed by atoms with Crippen molar-refractivity contribution in [2.24, 2.45) is 0 Å². The van der Waals surface area contributed by atoms with Gasteiger partial charge in [0.1, 0.15) is 12.4 Å². The van der Waals surface area contributed by atoms with Crippen LogP contribution in [0.3, 0.4) is 0 Å². The number of hydrogen-bond acceptors (Lipinski definition) is 6. The zero-order chi connectivity index (χ0) is 18.2. The van der Waals surface area contributed by atoms with Gasteiger partial charge in [0.15, 0.2) is 0 Å². The highest BCUT2D eigenvalue weighted by Gasteiger charge is 2.13. The molecule has 1 amide bonds. The van der Waals surface area contributed by atoms with Crippen molar-refractivity contribution in [2.45, 2.75) is 12.8 Å². The second-order valence-corrected chi connectivity index (χ2v) is 5.72. The molecule has 2 heterocycles. The Bertz CT molecular complexity index is 821. The van der Waals surface area contributed by atoms with Gasteiger partial charge in [-0.15, -0.1) is 0 Å². The maximum absolute atomic E-state index is 12.2. The lowest BCUT2D eigenvalue weighted by atomic mass is 10.2. The third-order valence-electron chi connectivity index (χ3n) is 3.82. The Morgan fingerprint density at radius 2 is 1.92 bits per heavy atom. The van der Waals surface area contributed by atoms with Crippen LogP contribution >= 0.6 is 0 Å². The van der Waals surface area contributed by atoms with Crippen LogP contribution in [-0.4, -0.2) is 46.1 Å². The molecular formula is C19H20N4O3. The number of benzene rings is 1. The largest absolute Gasteiger partial charge is 0.492 e. The molecule has 1 aromatic carbocycles. The summed E-state index contributed by atoms with van der Waals surface area (Å²) in [5.74, 6) is 1.74. The number of aromatic nitrogens is 3. The number of nitrogens with zero attached hydrogens (tertiary/aromatic N) is 4. The lowest BCUT2D eigenvalue weighted by Gasteiger charge is -2.17. The fourth-order valence-electron chi connectivity index (χ4n) is 2.32. The van der Waals surface area contributed by atoms with Crippen molar-refractivity contribution in [1.82, 2.24) is 20.0 Å². The van der Waals surface area contributed by atoms with Crippen LogP contribution < -0.4 is 4.74 Å². The Balaban J connectivity index is 1.42. The van der Waals surface area contributed by atoms with Gasteiger partial charge in [0.05, 0.1) is 6.54 Å². The molecule has 0 spiro atoms. The molecule has 0 saturated heterocycles. The van der Waals surface area contributed by atoms with Crippen LogP contribution in [0.1, 0.15) is 12.3 Å².